The molecule has 9 nitrogen and oxygen atoms in total. The van der Waals surface area contributed by atoms with Gasteiger partial charge >= 0.3 is 6.03 Å². The van der Waals surface area contributed by atoms with Crippen LogP contribution in [0, 0.1) is 0 Å². The van der Waals surface area contributed by atoms with Crippen LogP contribution in [0.15, 0.2) is 54.7 Å². The van der Waals surface area contributed by atoms with Gasteiger partial charge in [-0.1, -0.05) is 30.3 Å². The standard InChI is InChI=1S/C22H19N5O4/c28-19-11-26(18-8-4-3-7-16(18)24-19)20(29)12-27-21(30)17(25-22(27)31)9-13-10-23-15-6-2-1-5-14(13)15/h1-8,10,17,23H,9,11-12H2,(H,24,28)(H,25,31). The molecule has 0 bridgehead atoms. The van der Waals surface area contributed by atoms with E-state index in [1.54, 1.807) is 24.3 Å². The second-order valence-corrected chi connectivity index (χ2v) is 7.54. The Labute approximate surface area is 177 Å². The maximum atomic E-state index is 12.9. The third-order valence-corrected chi connectivity index (χ3v) is 5.57. The van der Waals surface area contributed by atoms with E-state index in [-0.39, 0.29) is 12.5 Å². The SMILES string of the molecule is O=C1CN(C(=O)CN2C(=O)NC(Cc3c[nH]c4ccccc34)C2=O)c2ccccc2N1. The monoisotopic (exact) mass is 417 g/mol. The van der Waals surface area contributed by atoms with Crippen molar-refractivity contribution in [3.8, 4) is 0 Å². The Morgan fingerprint density at radius 2 is 1.81 bits per heavy atom. The number of carbonyl (C=O) groups is 4. The number of carbonyl (C=O) groups excluding carboxylic acids is 4. The van der Waals surface area contributed by atoms with Crippen LogP contribution < -0.4 is 15.5 Å². The van der Waals surface area contributed by atoms with Crippen LogP contribution in [0.4, 0.5) is 16.2 Å². The van der Waals surface area contributed by atoms with E-state index < -0.39 is 30.4 Å². The van der Waals surface area contributed by atoms with E-state index in [1.807, 2.05) is 30.5 Å². The molecule has 3 heterocycles. The van der Waals surface area contributed by atoms with E-state index in [0.29, 0.717) is 17.8 Å². The number of benzene rings is 2. The zero-order valence-electron chi connectivity index (χ0n) is 16.4. The van der Waals surface area contributed by atoms with Crippen molar-refractivity contribution in [3.63, 3.8) is 0 Å². The average Bonchev–Trinajstić information content (AvgIpc) is 3.29. The van der Waals surface area contributed by atoms with Gasteiger partial charge in [0.1, 0.15) is 19.1 Å². The number of hydrogen-bond acceptors (Lipinski definition) is 4. The molecule has 5 rings (SSSR count). The largest absolute Gasteiger partial charge is 0.361 e. The molecular weight excluding hydrogens is 398 g/mol. The van der Waals surface area contributed by atoms with Crippen LogP contribution in [-0.4, -0.2) is 52.8 Å². The van der Waals surface area contributed by atoms with Gasteiger partial charge in [0.15, 0.2) is 0 Å². The molecule has 156 valence electrons. The quantitative estimate of drug-likeness (QED) is 0.560. The number of nitrogens with one attached hydrogen (secondary N) is 3. The van der Waals surface area contributed by atoms with Crippen molar-refractivity contribution < 1.29 is 19.2 Å². The topological polar surface area (TPSA) is 115 Å². The summed E-state index contributed by atoms with van der Waals surface area (Å²) in [7, 11) is 0. The number of aromatic amines is 1. The van der Waals surface area contributed by atoms with Gasteiger partial charge in [0.05, 0.1) is 11.4 Å². The first-order valence-electron chi connectivity index (χ1n) is 9.87. The predicted octanol–water partition coefficient (Wildman–Crippen LogP) is 1.62. The van der Waals surface area contributed by atoms with E-state index >= 15 is 0 Å². The molecule has 2 aromatic carbocycles. The lowest BCUT2D eigenvalue weighted by molar-refractivity contribution is -0.131. The first-order valence-corrected chi connectivity index (χ1v) is 9.87. The second kappa shape index (κ2) is 7.28. The van der Waals surface area contributed by atoms with E-state index in [1.165, 1.54) is 4.90 Å². The van der Waals surface area contributed by atoms with Gasteiger partial charge in [0.25, 0.3) is 5.91 Å². The van der Waals surface area contributed by atoms with Crippen LogP contribution >= 0.6 is 0 Å². The highest BCUT2D eigenvalue weighted by molar-refractivity contribution is 6.13. The van der Waals surface area contributed by atoms with E-state index in [0.717, 1.165) is 21.4 Å². The van der Waals surface area contributed by atoms with Crippen LogP contribution in [0.3, 0.4) is 0 Å². The van der Waals surface area contributed by atoms with Crippen LogP contribution in [0.25, 0.3) is 10.9 Å². The number of hydrogen-bond donors (Lipinski definition) is 3. The van der Waals surface area contributed by atoms with Gasteiger partial charge in [0, 0.05) is 23.5 Å². The van der Waals surface area contributed by atoms with E-state index in [4.69, 9.17) is 0 Å². The number of amides is 5. The molecule has 0 spiro atoms. The molecule has 3 N–H and O–H groups in total. The molecule has 9 heteroatoms. The number of para-hydroxylation sites is 3. The summed E-state index contributed by atoms with van der Waals surface area (Å²) in [5.74, 6) is -1.29. The molecule has 5 amide bonds. The van der Waals surface area contributed by atoms with Gasteiger partial charge in [-0.15, -0.1) is 0 Å². The summed E-state index contributed by atoms with van der Waals surface area (Å²) >= 11 is 0. The minimum atomic E-state index is -0.753. The number of fused-ring (bicyclic) bond motifs is 2. The summed E-state index contributed by atoms with van der Waals surface area (Å²) in [4.78, 5) is 55.6. The number of urea groups is 1. The first kappa shape index (κ1) is 18.9. The molecule has 1 unspecified atom stereocenters. The Balaban J connectivity index is 1.32. The van der Waals surface area contributed by atoms with Gasteiger partial charge in [0.2, 0.25) is 11.8 Å². The van der Waals surface area contributed by atoms with Crippen molar-refractivity contribution in [2.24, 2.45) is 0 Å². The summed E-state index contributed by atoms with van der Waals surface area (Å²) in [6, 6.07) is 13.2. The summed E-state index contributed by atoms with van der Waals surface area (Å²) < 4.78 is 0. The summed E-state index contributed by atoms with van der Waals surface area (Å²) in [6.45, 7) is -0.602. The number of nitrogens with zero attached hydrogens (tertiary/aromatic N) is 2. The normalized spacial score (nSPS) is 18.2. The Morgan fingerprint density at radius 3 is 2.68 bits per heavy atom. The molecule has 1 aromatic heterocycles. The number of aromatic nitrogens is 1. The van der Waals surface area contributed by atoms with Crippen LogP contribution in [0.5, 0.6) is 0 Å². The maximum Gasteiger partial charge on any atom is 0.325 e. The molecule has 3 aromatic rings. The Bertz CT molecular complexity index is 1230. The highest BCUT2D eigenvalue weighted by Gasteiger charge is 2.40. The Hall–Kier alpha value is -4.14. The number of imide groups is 1. The number of anilines is 2. The summed E-state index contributed by atoms with van der Waals surface area (Å²) in [5.41, 5.74) is 2.91. The fourth-order valence-electron chi connectivity index (χ4n) is 4.06. The lowest BCUT2D eigenvalue weighted by atomic mass is 10.1. The van der Waals surface area contributed by atoms with Crippen molar-refractivity contribution in [3.05, 3.63) is 60.3 Å². The lowest BCUT2D eigenvalue weighted by Gasteiger charge is -2.30. The zero-order valence-corrected chi connectivity index (χ0v) is 16.4. The molecule has 31 heavy (non-hydrogen) atoms. The maximum absolute atomic E-state index is 12.9. The molecule has 0 radical (unpaired) electrons. The molecule has 2 aliphatic heterocycles. The molecule has 0 saturated carbocycles. The van der Waals surface area contributed by atoms with Crippen molar-refractivity contribution in [2.45, 2.75) is 12.5 Å². The van der Waals surface area contributed by atoms with Crippen LogP contribution in [-0.2, 0) is 20.8 Å². The first-order chi connectivity index (χ1) is 15.0. The number of H-pyrrole nitrogens is 1. The van der Waals surface area contributed by atoms with Crippen molar-refractivity contribution >= 4 is 46.0 Å². The Morgan fingerprint density at radius 1 is 1.03 bits per heavy atom. The minimum absolute atomic E-state index is 0.168. The molecule has 0 aliphatic carbocycles. The van der Waals surface area contributed by atoms with Gasteiger partial charge in [-0.25, -0.2) is 4.79 Å². The van der Waals surface area contributed by atoms with Crippen LogP contribution in [0.2, 0.25) is 0 Å². The van der Waals surface area contributed by atoms with E-state index in [2.05, 4.69) is 15.6 Å². The highest BCUT2D eigenvalue weighted by atomic mass is 16.2. The number of rotatable bonds is 4. The van der Waals surface area contributed by atoms with Gasteiger partial charge in [-0.3, -0.25) is 24.2 Å². The van der Waals surface area contributed by atoms with Gasteiger partial charge in [-0.05, 0) is 23.8 Å². The Kier molecular flexibility index (Phi) is 4.43. The molecule has 1 saturated heterocycles. The second-order valence-electron chi connectivity index (χ2n) is 7.54. The van der Waals surface area contributed by atoms with E-state index in [9.17, 15) is 19.2 Å². The molecule has 2 aliphatic rings. The molecular formula is C22H19N5O4. The lowest BCUT2D eigenvalue weighted by Crippen LogP contribution is -2.48. The zero-order chi connectivity index (χ0) is 21.5. The van der Waals surface area contributed by atoms with Gasteiger partial charge < -0.3 is 15.6 Å². The molecule has 1 atom stereocenters. The third kappa shape index (κ3) is 3.29. The van der Waals surface area contributed by atoms with Crippen molar-refractivity contribution in [1.82, 2.24) is 15.2 Å². The molecule has 1 fully saturated rings. The van der Waals surface area contributed by atoms with Crippen LogP contribution in [0.1, 0.15) is 5.56 Å². The highest BCUT2D eigenvalue weighted by Crippen LogP contribution is 2.29. The smallest absolute Gasteiger partial charge is 0.325 e. The van der Waals surface area contributed by atoms with Gasteiger partial charge in [-0.2, -0.15) is 0 Å². The average molecular weight is 417 g/mol. The van der Waals surface area contributed by atoms with Crippen molar-refractivity contribution in [2.75, 3.05) is 23.3 Å². The third-order valence-electron chi connectivity index (χ3n) is 5.57. The summed E-state index contributed by atoms with van der Waals surface area (Å²) in [5, 5.41) is 6.35. The fourth-order valence-corrected chi connectivity index (χ4v) is 4.06. The fraction of sp³-hybridized carbons (Fsp3) is 0.182. The summed E-state index contributed by atoms with van der Waals surface area (Å²) in [6.07, 6.45) is 2.13. The predicted molar refractivity (Wildman–Crippen MR) is 113 cm³/mol. The van der Waals surface area contributed by atoms with Crippen molar-refractivity contribution in [1.29, 1.82) is 0 Å². The minimum Gasteiger partial charge on any atom is -0.361 e.